The summed E-state index contributed by atoms with van der Waals surface area (Å²) in [5, 5.41) is 2.93. The topological polar surface area (TPSA) is 38.3 Å². The van der Waals surface area contributed by atoms with E-state index in [-0.39, 0.29) is 11.9 Å². The van der Waals surface area contributed by atoms with Gasteiger partial charge in [-0.3, -0.25) is 4.79 Å². The molecule has 0 aliphatic carbocycles. The van der Waals surface area contributed by atoms with Crippen LogP contribution in [0.1, 0.15) is 33.1 Å². The summed E-state index contributed by atoms with van der Waals surface area (Å²) in [6.45, 7) is 4.63. The summed E-state index contributed by atoms with van der Waals surface area (Å²) in [4.78, 5) is 11.5. The summed E-state index contributed by atoms with van der Waals surface area (Å²) in [5.41, 5.74) is 0. The van der Waals surface area contributed by atoms with Gasteiger partial charge in [0.05, 0.1) is 6.61 Å². The molecule has 0 aliphatic heterocycles. The number of carbonyl (C=O) groups excluding carboxylic acids is 1. The molecule has 4 heteroatoms. The molecule has 1 unspecified atom stereocenters. The predicted octanol–water partition coefficient (Wildman–Crippen LogP) is 3.52. The van der Waals surface area contributed by atoms with Crippen molar-refractivity contribution in [1.82, 2.24) is 5.32 Å². The Labute approximate surface area is 117 Å². The van der Waals surface area contributed by atoms with Crippen molar-refractivity contribution < 1.29 is 9.53 Å². The Kier molecular flexibility index (Phi) is 6.80. The molecule has 0 aliphatic rings. The van der Waals surface area contributed by atoms with Gasteiger partial charge in [0.1, 0.15) is 5.75 Å². The van der Waals surface area contributed by atoms with E-state index in [2.05, 4.69) is 28.2 Å². The smallest absolute Gasteiger partial charge is 0.220 e. The summed E-state index contributed by atoms with van der Waals surface area (Å²) < 4.78 is 6.57. The molecule has 0 saturated carbocycles. The maximum absolute atomic E-state index is 11.5. The number of benzene rings is 1. The molecule has 0 aromatic heterocycles. The third-order valence-electron chi connectivity index (χ3n) is 2.65. The van der Waals surface area contributed by atoms with Crippen LogP contribution in [0, 0.1) is 0 Å². The Morgan fingerprint density at radius 2 is 2.06 bits per heavy atom. The maximum Gasteiger partial charge on any atom is 0.220 e. The average Bonchev–Trinajstić information content (AvgIpc) is 2.36. The molecule has 100 valence electrons. The molecule has 1 aromatic rings. The van der Waals surface area contributed by atoms with Crippen LogP contribution in [0.15, 0.2) is 28.7 Å². The minimum Gasteiger partial charge on any atom is -0.494 e. The Hall–Kier alpha value is -1.03. The molecular weight excluding hydrogens is 294 g/mol. The van der Waals surface area contributed by atoms with Crippen LogP contribution in [0.4, 0.5) is 0 Å². The van der Waals surface area contributed by atoms with Gasteiger partial charge < -0.3 is 10.1 Å². The van der Waals surface area contributed by atoms with Crippen LogP contribution in [-0.2, 0) is 4.79 Å². The molecule has 1 rings (SSSR count). The summed E-state index contributed by atoms with van der Waals surface area (Å²) in [7, 11) is 0. The van der Waals surface area contributed by atoms with E-state index >= 15 is 0 Å². The third-order valence-corrected chi connectivity index (χ3v) is 3.18. The molecular formula is C14H20BrNO2. The Morgan fingerprint density at radius 1 is 1.39 bits per heavy atom. The fourth-order valence-electron chi connectivity index (χ4n) is 1.40. The molecule has 0 heterocycles. The van der Waals surface area contributed by atoms with Gasteiger partial charge in [0.25, 0.3) is 0 Å². The lowest BCUT2D eigenvalue weighted by molar-refractivity contribution is -0.121. The molecule has 0 saturated heterocycles. The number of halogens is 1. The number of rotatable bonds is 7. The van der Waals surface area contributed by atoms with Gasteiger partial charge >= 0.3 is 0 Å². The molecule has 18 heavy (non-hydrogen) atoms. The van der Waals surface area contributed by atoms with Crippen LogP contribution in [0.25, 0.3) is 0 Å². The zero-order chi connectivity index (χ0) is 13.4. The van der Waals surface area contributed by atoms with Gasteiger partial charge in [-0.05, 0) is 44.0 Å². The van der Waals surface area contributed by atoms with Crippen molar-refractivity contribution in [2.24, 2.45) is 0 Å². The van der Waals surface area contributed by atoms with Gasteiger partial charge in [0.15, 0.2) is 0 Å². The van der Waals surface area contributed by atoms with Gasteiger partial charge in [0, 0.05) is 16.9 Å². The quantitative estimate of drug-likeness (QED) is 0.782. The van der Waals surface area contributed by atoms with Crippen LogP contribution in [0.2, 0.25) is 0 Å². The summed E-state index contributed by atoms with van der Waals surface area (Å²) in [5.74, 6) is 0.935. The van der Waals surface area contributed by atoms with Gasteiger partial charge in [-0.2, -0.15) is 0 Å². The van der Waals surface area contributed by atoms with E-state index < -0.39 is 0 Å². The van der Waals surface area contributed by atoms with E-state index in [1.807, 2.05) is 31.2 Å². The van der Waals surface area contributed by atoms with E-state index in [1.54, 1.807) is 0 Å². The molecule has 1 N–H and O–H groups in total. The van der Waals surface area contributed by atoms with Crippen LogP contribution in [0.5, 0.6) is 5.75 Å². The Morgan fingerprint density at radius 3 is 2.67 bits per heavy atom. The standard InChI is InChI=1S/C14H20BrNO2/c1-3-11(2)16-14(17)5-4-10-18-13-8-6-12(15)7-9-13/h6-9,11H,3-5,10H2,1-2H3,(H,16,17). The summed E-state index contributed by atoms with van der Waals surface area (Å²) in [6, 6.07) is 7.94. The van der Waals surface area contributed by atoms with Gasteiger partial charge in [-0.1, -0.05) is 22.9 Å². The molecule has 3 nitrogen and oxygen atoms in total. The minimum atomic E-state index is 0.101. The Bertz CT molecular complexity index is 365. The van der Waals surface area contributed by atoms with Crippen molar-refractivity contribution >= 4 is 21.8 Å². The summed E-state index contributed by atoms with van der Waals surface area (Å²) >= 11 is 3.37. The highest BCUT2D eigenvalue weighted by Gasteiger charge is 2.04. The van der Waals surface area contributed by atoms with Gasteiger partial charge in [-0.25, -0.2) is 0 Å². The highest BCUT2D eigenvalue weighted by Crippen LogP contribution is 2.16. The zero-order valence-corrected chi connectivity index (χ0v) is 12.5. The number of hydrogen-bond acceptors (Lipinski definition) is 2. The minimum absolute atomic E-state index is 0.101. The predicted molar refractivity (Wildman–Crippen MR) is 76.8 cm³/mol. The first-order valence-corrected chi connectivity index (χ1v) is 7.09. The van der Waals surface area contributed by atoms with E-state index in [0.717, 1.165) is 23.1 Å². The second-order valence-electron chi connectivity index (χ2n) is 4.28. The van der Waals surface area contributed by atoms with Crippen molar-refractivity contribution in [3.63, 3.8) is 0 Å². The first kappa shape index (κ1) is 15.0. The maximum atomic E-state index is 11.5. The molecule has 0 spiro atoms. The van der Waals surface area contributed by atoms with Crippen LogP contribution < -0.4 is 10.1 Å². The number of ether oxygens (including phenoxy) is 1. The lowest BCUT2D eigenvalue weighted by atomic mass is 10.2. The molecule has 0 radical (unpaired) electrons. The normalized spacial score (nSPS) is 11.9. The van der Waals surface area contributed by atoms with Crippen molar-refractivity contribution in [3.8, 4) is 5.75 Å². The third kappa shape index (κ3) is 6.05. The van der Waals surface area contributed by atoms with Crippen molar-refractivity contribution in [2.75, 3.05) is 6.61 Å². The van der Waals surface area contributed by atoms with Crippen LogP contribution in [0.3, 0.4) is 0 Å². The van der Waals surface area contributed by atoms with E-state index in [9.17, 15) is 4.79 Å². The molecule has 0 bridgehead atoms. The second kappa shape index (κ2) is 8.14. The fraction of sp³-hybridized carbons (Fsp3) is 0.500. The largest absolute Gasteiger partial charge is 0.494 e. The van der Waals surface area contributed by atoms with Crippen LogP contribution >= 0.6 is 15.9 Å². The number of amides is 1. The highest BCUT2D eigenvalue weighted by molar-refractivity contribution is 9.10. The van der Waals surface area contributed by atoms with Crippen molar-refractivity contribution in [2.45, 2.75) is 39.2 Å². The summed E-state index contributed by atoms with van der Waals surface area (Å²) in [6.07, 6.45) is 2.21. The first-order chi connectivity index (χ1) is 8.61. The SMILES string of the molecule is CCC(C)NC(=O)CCCOc1ccc(Br)cc1. The number of carbonyl (C=O) groups is 1. The van der Waals surface area contributed by atoms with E-state index in [0.29, 0.717) is 13.0 Å². The van der Waals surface area contributed by atoms with Gasteiger partial charge in [-0.15, -0.1) is 0 Å². The fourth-order valence-corrected chi connectivity index (χ4v) is 1.67. The number of nitrogens with one attached hydrogen (secondary N) is 1. The van der Waals surface area contributed by atoms with Crippen molar-refractivity contribution in [3.05, 3.63) is 28.7 Å². The molecule has 1 amide bonds. The second-order valence-corrected chi connectivity index (χ2v) is 5.20. The van der Waals surface area contributed by atoms with Crippen molar-refractivity contribution in [1.29, 1.82) is 0 Å². The van der Waals surface area contributed by atoms with Gasteiger partial charge in [0.2, 0.25) is 5.91 Å². The lowest BCUT2D eigenvalue weighted by Gasteiger charge is -2.11. The van der Waals surface area contributed by atoms with E-state index in [4.69, 9.17) is 4.74 Å². The first-order valence-electron chi connectivity index (χ1n) is 6.29. The number of hydrogen-bond donors (Lipinski definition) is 1. The van der Waals surface area contributed by atoms with E-state index in [1.165, 1.54) is 0 Å². The Balaban J connectivity index is 2.15. The molecule has 1 aromatic carbocycles. The highest BCUT2D eigenvalue weighted by atomic mass is 79.9. The average molecular weight is 314 g/mol. The lowest BCUT2D eigenvalue weighted by Crippen LogP contribution is -2.31. The zero-order valence-electron chi connectivity index (χ0n) is 10.9. The molecule has 1 atom stereocenters. The molecule has 0 fully saturated rings. The van der Waals surface area contributed by atoms with Crippen LogP contribution in [-0.4, -0.2) is 18.6 Å². The monoisotopic (exact) mass is 313 g/mol.